The fraction of sp³-hybridized carbons (Fsp3) is 0.429. The number of likely N-dealkylation sites (N-methyl/N-ethyl adjacent to an activating group) is 1. The van der Waals surface area contributed by atoms with Crippen LogP contribution in [0.3, 0.4) is 0 Å². The number of unbranched alkanes of at least 4 members (excludes halogenated alkanes) is 3. The molecular formula is C28H34BrNO4S2. The Morgan fingerprint density at radius 1 is 1.00 bits per heavy atom. The number of nitrogens with zero attached hydrogens (tertiary/aromatic N) is 1. The number of thiocarbonyl (C=S) groups is 1. The highest BCUT2D eigenvalue weighted by atomic mass is 79.9. The number of thioether (sulfide) groups is 1. The van der Waals surface area contributed by atoms with Gasteiger partial charge < -0.3 is 14.2 Å². The normalized spacial score (nSPS) is 14.6. The first-order chi connectivity index (χ1) is 17.5. The highest BCUT2D eigenvalue weighted by molar-refractivity contribution is 9.10. The lowest BCUT2D eigenvalue weighted by Gasteiger charge is -2.15. The van der Waals surface area contributed by atoms with Crippen LogP contribution in [0.5, 0.6) is 17.2 Å². The maximum absolute atomic E-state index is 12.6. The second kappa shape index (κ2) is 14.6. The van der Waals surface area contributed by atoms with Crippen molar-refractivity contribution in [3.63, 3.8) is 0 Å². The molecule has 0 aliphatic carbocycles. The number of carbonyl (C=O) groups excluding carboxylic acids is 1. The molecule has 0 unspecified atom stereocenters. The van der Waals surface area contributed by atoms with Crippen LogP contribution >= 0.6 is 39.9 Å². The Balaban J connectivity index is 1.58. The number of benzene rings is 2. The number of halogens is 1. The number of aryl methyl sites for hydroxylation is 1. The van der Waals surface area contributed by atoms with Crippen LogP contribution in [0.2, 0.25) is 0 Å². The second-order valence-corrected chi connectivity index (χ2v) is 10.9. The quantitative estimate of drug-likeness (QED) is 0.128. The monoisotopic (exact) mass is 591 g/mol. The molecule has 0 radical (unpaired) electrons. The average molecular weight is 593 g/mol. The minimum Gasteiger partial charge on any atom is -0.490 e. The molecule has 0 aromatic heterocycles. The van der Waals surface area contributed by atoms with Crippen molar-refractivity contribution in [1.82, 2.24) is 4.90 Å². The summed E-state index contributed by atoms with van der Waals surface area (Å²) in [6.45, 7) is 7.90. The zero-order valence-electron chi connectivity index (χ0n) is 21.2. The predicted octanol–water partition coefficient (Wildman–Crippen LogP) is 7.65. The molecule has 194 valence electrons. The van der Waals surface area contributed by atoms with E-state index in [2.05, 4.69) is 35.0 Å². The molecule has 0 N–H and O–H groups in total. The molecule has 1 fully saturated rings. The molecule has 1 aliphatic rings. The Morgan fingerprint density at radius 3 is 2.42 bits per heavy atom. The topological polar surface area (TPSA) is 48.0 Å². The number of carbonyl (C=O) groups is 1. The van der Waals surface area contributed by atoms with Gasteiger partial charge in [0.15, 0.2) is 11.5 Å². The van der Waals surface area contributed by atoms with E-state index in [9.17, 15) is 4.79 Å². The first-order valence-electron chi connectivity index (χ1n) is 12.5. The highest BCUT2D eigenvalue weighted by Gasteiger charge is 2.30. The van der Waals surface area contributed by atoms with Gasteiger partial charge in [0.05, 0.1) is 16.0 Å². The largest absolute Gasteiger partial charge is 0.490 e. The van der Waals surface area contributed by atoms with Crippen molar-refractivity contribution in [3.05, 3.63) is 56.9 Å². The summed E-state index contributed by atoms with van der Waals surface area (Å²) in [5, 5.41) is 0. The van der Waals surface area contributed by atoms with E-state index in [1.807, 2.05) is 44.2 Å². The summed E-state index contributed by atoms with van der Waals surface area (Å²) in [7, 11) is 0. The standard InChI is InChI=1S/C28H34BrNO4S2/c1-4-7-8-9-10-20-11-13-22(14-12-20)33-15-16-34-26-23(29)17-21(18-24(26)32-6-3)19-25-27(31)30(5-2)28(35)36-25/h11-14,17-19H,4-10,15-16H2,1-3H3/b25-19-. The van der Waals surface area contributed by atoms with Crippen LogP contribution < -0.4 is 14.2 Å². The van der Waals surface area contributed by atoms with Crippen molar-refractivity contribution in [3.8, 4) is 17.2 Å². The summed E-state index contributed by atoms with van der Waals surface area (Å²) in [6.07, 6.45) is 8.02. The lowest BCUT2D eigenvalue weighted by atomic mass is 10.1. The summed E-state index contributed by atoms with van der Waals surface area (Å²) in [4.78, 5) is 14.8. The number of hydrogen-bond donors (Lipinski definition) is 0. The fourth-order valence-electron chi connectivity index (χ4n) is 3.81. The fourth-order valence-corrected chi connectivity index (χ4v) is 5.77. The Hall–Kier alpha value is -2.03. The maximum Gasteiger partial charge on any atom is 0.266 e. The smallest absolute Gasteiger partial charge is 0.266 e. The second-order valence-electron chi connectivity index (χ2n) is 8.34. The highest BCUT2D eigenvalue weighted by Crippen LogP contribution is 2.39. The lowest BCUT2D eigenvalue weighted by Crippen LogP contribution is -2.27. The zero-order valence-corrected chi connectivity index (χ0v) is 24.4. The molecule has 5 nitrogen and oxygen atoms in total. The molecule has 36 heavy (non-hydrogen) atoms. The minimum absolute atomic E-state index is 0.0661. The van der Waals surface area contributed by atoms with Gasteiger partial charge in [0.2, 0.25) is 0 Å². The number of hydrogen-bond acceptors (Lipinski definition) is 6. The molecule has 2 aromatic carbocycles. The van der Waals surface area contributed by atoms with Gasteiger partial charge in [-0.3, -0.25) is 9.69 Å². The van der Waals surface area contributed by atoms with Gasteiger partial charge in [-0.25, -0.2) is 0 Å². The van der Waals surface area contributed by atoms with E-state index in [-0.39, 0.29) is 5.91 Å². The van der Waals surface area contributed by atoms with Gasteiger partial charge in [-0.05, 0) is 84.1 Å². The van der Waals surface area contributed by atoms with Gasteiger partial charge in [-0.15, -0.1) is 0 Å². The molecule has 0 bridgehead atoms. The Kier molecular flexibility index (Phi) is 11.6. The lowest BCUT2D eigenvalue weighted by molar-refractivity contribution is -0.121. The zero-order chi connectivity index (χ0) is 25.9. The van der Waals surface area contributed by atoms with Crippen molar-refractivity contribution < 1.29 is 19.0 Å². The van der Waals surface area contributed by atoms with Gasteiger partial charge in [0.1, 0.15) is 23.3 Å². The van der Waals surface area contributed by atoms with E-state index >= 15 is 0 Å². The van der Waals surface area contributed by atoms with Gasteiger partial charge in [-0.1, -0.05) is 62.3 Å². The predicted molar refractivity (Wildman–Crippen MR) is 156 cm³/mol. The van der Waals surface area contributed by atoms with Crippen molar-refractivity contribution >= 4 is 56.2 Å². The average Bonchev–Trinajstić information content (AvgIpc) is 3.13. The third kappa shape index (κ3) is 7.98. The Morgan fingerprint density at radius 2 is 1.75 bits per heavy atom. The minimum atomic E-state index is -0.0661. The van der Waals surface area contributed by atoms with E-state index < -0.39 is 0 Å². The van der Waals surface area contributed by atoms with Crippen LogP contribution in [-0.4, -0.2) is 41.5 Å². The van der Waals surface area contributed by atoms with Crippen molar-refractivity contribution in [1.29, 1.82) is 0 Å². The molecule has 0 atom stereocenters. The van der Waals surface area contributed by atoms with Gasteiger partial charge >= 0.3 is 0 Å². The summed E-state index contributed by atoms with van der Waals surface area (Å²) in [5.74, 6) is 1.99. The first-order valence-corrected chi connectivity index (χ1v) is 14.5. The Bertz CT molecular complexity index is 1070. The molecule has 0 spiro atoms. The van der Waals surface area contributed by atoms with Gasteiger partial charge in [0, 0.05) is 6.54 Å². The molecule has 1 amide bonds. The third-order valence-electron chi connectivity index (χ3n) is 5.66. The maximum atomic E-state index is 12.6. The molecule has 0 saturated carbocycles. The van der Waals surface area contributed by atoms with E-state index in [1.165, 1.54) is 43.0 Å². The van der Waals surface area contributed by atoms with E-state index in [1.54, 1.807) is 4.90 Å². The third-order valence-corrected chi connectivity index (χ3v) is 7.63. The molecule has 1 aliphatic heterocycles. The van der Waals surface area contributed by atoms with Crippen LogP contribution in [-0.2, 0) is 11.2 Å². The van der Waals surface area contributed by atoms with Crippen LogP contribution in [0.4, 0.5) is 0 Å². The number of amides is 1. The van der Waals surface area contributed by atoms with Crippen LogP contribution in [0, 0.1) is 0 Å². The van der Waals surface area contributed by atoms with Gasteiger partial charge in [-0.2, -0.15) is 0 Å². The summed E-state index contributed by atoms with van der Waals surface area (Å²) in [5.41, 5.74) is 2.18. The number of ether oxygens (including phenoxy) is 3. The summed E-state index contributed by atoms with van der Waals surface area (Å²) < 4.78 is 19.1. The van der Waals surface area contributed by atoms with Crippen molar-refractivity contribution in [2.24, 2.45) is 0 Å². The van der Waals surface area contributed by atoms with E-state index in [0.29, 0.717) is 47.1 Å². The van der Waals surface area contributed by atoms with Gasteiger partial charge in [0.25, 0.3) is 5.91 Å². The molecule has 2 aromatic rings. The van der Waals surface area contributed by atoms with E-state index in [0.717, 1.165) is 22.2 Å². The van der Waals surface area contributed by atoms with Crippen LogP contribution in [0.25, 0.3) is 6.08 Å². The van der Waals surface area contributed by atoms with Crippen LogP contribution in [0.15, 0.2) is 45.8 Å². The molecule has 8 heteroatoms. The van der Waals surface area contributed by atoms with Crippen molar-refractivity contribution in [2.45, 2.75) is 52.9 Å². The summed E-state index contributed by atoms with van der Waals surface area (Å²) >= 11 is 10.2. The number of rotatable bonds is 14. The summed E-state index contributed by atoms with van der Waals surface area (Å²) in [6, 6.07) is 12.1. The molecule has 3 rings (SSSR count). The molecule has 1 saturated heterocycles. The van der Waals surface area contributed by atoms with E-state index in [4.69, 9.17) is 26.4 Å². The SMILES string of the molecule is CCCCCCc1ccc(OCCOc2c(Br)cc(/C=C3\SC(=S)N(CC)C3=O)cc2OCC)cc1. The van der Waals surface area contributed by atoms with Crippen LogP contribution in [0.1, 0.15) is 57.6 Å². The van der Waals surface area contributed by atoms with Crippen molar-refractivity contribution in [2.75, 3.05) is 26.4 Å². The molecular weight excluding hydrogens is 558 g/mol. The molecule has 1 heterocycles. The Labute approximate surface area is 232 Å². The first kappa shape index (κ1) is 28.5.